The van der Waals surface area contributed by atoms with E-state index in [9.17, 15) is 0 Å². The maximum atomic E-state index is 5.91. The Balaban J connectivity index is 1.73. The minimum absolute atomic E-state index is 0.291. The van der Waals surface area contributed by atoms with Gasteiger partial charge in [0.05, 0.1) is 11.2 Å². The van der Waals surface area contributed by atoms with Gasteiger partial charge in [0.2, 0.25) is 6.79 Å². The summed E-state index contributed by atoms with van der Waals surface area (Å²) >= 11 is 0. The first-order valence-corrected chi connectivity index (χ1v) is 6.81. The van der Waals surface area contributed by atoms with Crippen molar-refractivity contribution in [2.24, 2.45) is 0 Å². The SMILES string of the molecule is CC1(C)OC(/C=C/c2ccc3c(c2)OCO3)OC1(C)C. The molecule has 20 heavy (non-hydrogen) atoms. The van der Waals surface area contributed by atoms with E-state index in [1.165, 1.54) is 0 Å². The third-order valence-corrected chi connectivity index (χ3v) is 4.11. The molecule has 1 fully saturated rings. The summed E-state index contributed by atoms with van der Waals surface area (Å²) in [5, 5.41) is 0. The standard InChI is InChI=1S/C16H20O4/c1-15(2)16(3,4)20-14(19-15)8-6-11-5-7-12-13(9-11)18-10-17-12/h5-9,14H,10H2,1-4H3/b8-6+. The molecule has 0 spiro atoms. The minimum Gasteiger partial charge on any atom is -0.454 e. The van der Waals surface area contributed by atoms with Gasteiger partial charge in [0.15, 0.2) is 17.8 Å². The van der Waals surface area contributed by atoms with E-state index in [1.54, 1.807) is 0 Å². The maximum absolute atomic E-state index is 5.91. The predicted molar refractivity (Wildman–Crippen MR) is 75.7 cm³/mol. The van der Waals surface area contributed by atoms with Crippen molar-refractivity contribution in [2.45, 2.75) is 45.2 Å². The Morgan fingerprint density at radius 1 is 1.00 bits per heavy atom. The van der Waals surface area contributed by atoms with Crippen LogP contribution in [0.4, 0.5) is 0 Å². The monoisotopic (exact) mass is 276 g/mol. The fourth-order valence-corrected chi connectivity index (χ4v) is 2.17. The van der Waals surface area contributed by atoms with Gasteiger partial charge in [-0.05, 0) is 51.5 Å². The molecule has 0 aromatic heterocycles. The molecule has 4 nitrogen and oxygen atoms in total. The van der Waals surface area contributed by atoms with Crippen molar-refractivity contribution in [3.05, 3.63) is 29.8 Å². The van der Waals surface area contributed by atoms with Crippen LogP contribution in [-0.4, -0.2) is 24.3 Å². The summed E-state index contributed by atoms with van der Waals surface area (Å²) in [7, 11) is 0. The Morgan fingerprint density at radius 3 is 2.35 bits per heavy atom. The van der Waals surface area contributed by atoms with Gasteiger partial charge >= 0.3 is 0 Å². The summed E-state index contributed by atoms with van der Waals surface area (Å²) in [5.41, 5.74) is 0.414. The van der Waals surface area contributed by atoms with E-state index in [1.807, 2.05) is 58.0 Å². The molecule has 0 unspecified atom stereocenters. The topological polar surface area (TPSA) is 36.9 Å². The number of fused-ring (bicyclic) bond motifs is 1. The molecule has 0 radical (unpaired) electrons. The molecule has 0 N–H and O–H groups in total. The lowest BCUT2D eigenvalue weighted by Crippen LogP contribution is -2.41. The predicted octanol–water partition coefficient (Wildman–Crippen LogP) is 3.36. The number of ether oxygens (including phenoxy) is 4. The summed E-state index contributed by atoms with van der Waals surface area (Å²) in [6.07, 6.45) is 3.57. The summed E-state index contributed by atoms with van der Waals surface area (Å²) < 4.78 is 22.5. The van der Waals surface area contributed by atoms with Gasteiger partial charge in [0.1, 0.15) is 0 Å². The molecule has 0 aliphatic carbocycles. The van der Waals surface area contributed by atoms with Crippen LogP contribution in [0.1, 0.15) is 33.3 Å². The number of rotatable bonds is 2. The molecule has 2 aliphatic rings. The van der Waals surface area contributed by atoms with Crippen LogP contribution in [0.5, 0.6) is 11.5 Å². The molecule has 0 atom stereocenters. The lowest BCUT2D eigenvalue weighted by Gasteiger charge is -2.30. The molecule has 3 rings (SSSR count). The van der Waals surface area contributed by atoms with Gasteiger partial charge in [-0.3, -0.25) is 0 Å². The van der Waals surface area contributed by atoms with Gasteiger partial charge < -0.3 is 18.9 Å². The van der Waals surface area contributed by atoms with Gasteiger partial charge in [-0.15, -0.1) is 0 Å². The molecule has 2 heterocycles. The second-order valence-corrected chi connectivity index (χ2v) is 6.10. The molecular formula is C16H20O4. The van der Waals surface area contributed by atoms with E-state index in [0.29, 0.717) is 6.79 Å². The van der Waals surface area contributed by atoms with Crippen molar-refractivity contribution < 1.29 is 18.9 Å². The molecule has 1 aromatic carbocycles. The van der Waals surface area contributed by atoms with Crippen LogP contribution in [0.25, 0.3) is 6.08 Å². The minimum atomic E-state index is -0.328. The Bertz CT molecular complexity index is 529. The van der Waals surface area contributed by atoms with Crippen molar-refractivity contribution in [1.82, 2.24) is 0 Å². The Morgan fingerprint density at radius 2 is 1.65 bits per heavy atom. The Hall–Kier alpha value is -1.52. The van der Waals surface area contributed by atoms with Gasteiger partial charge in [-0.25, -0.2) is 0 Å². The van der Waals surface area contributed by atoms with E-state index >= 15 is 0 Å². The highest BCUT2D eigenvalue weighted by Crippen LogP contribution is 2.39. The lowest BCUT2D eigenvalue weighted by atomic mass is 9.90. The molecule has 0 bridgehead atoms. The molecule has 108 valence electrons. The normalized spacial score (nSPS) is 23.6. The van der Waals surface area contributed by atoms with Gasteiger partial charge in [0.25, 0.3) is 0 Å². The Kier molecular flexibility index (Phi) is 3.03. The maximum Gasteiger partial charge on any atom is 0.231 e. The van der Waals surface area contributed by atoms with Crippen LogP contribution >= 0.6 is 0 Å². The van der Waals surface area contributed by atoms with Crippen molar-refractivity contribution in [3.63, 3.8) is 0 Å². The lowest BCUT2D eigenvalue weighted by molar-refractivity contribution is -0.0499. The largest absolute Gasteiger partial charge is 0.454 e. The summed E-state index contributed by atoms with van der Waals surface area (Å²) in [6, 6.07) is 5.84. The van der Waals surface area contributed by atoms with Crippen LogP contribution in [0.3, 0.4) is 0 Å². The van der Waals surface area contributed by atoms with Crippen LogP contribution in [0.15, 0.2) is 24.3 Å². The highest BCUT2D eigenvalue weighted by molar-refractivity contribution is 5.56. The molecule has 2 aliphatic heterocycles. The van der Waals surface area contributed by atoms with Gasteiger partial charge in [-0.2, -0.15) is 0 Å². The summed E-state index contributed by atoms with van der Waals surface area (Å²) in [4.78, 5) is 0. The summed E-state index contributed by atoms with van der Waals surface area (Å²) in [5.74, 6) is 1.57. The third kappa shape index (κ3) is 2.30. The fraction of sp³-hybridized carbons (Fsp3) is 0.500. The zero-order valence-corrected chi connectivity index (χ0v) is 12.3. The number of benzene rings is 1. The van der Waals surface area contributed by atoms with E-state index in [2.05, 4.69) is 0 Å². The zero-order chi connectivity index (χ0) is 14.4. The van der Waals surface area contributed by atoms with Crippen molar-refractivity contribution in [2.75, 3.05) is 6.79 Å². The smallest absolute Gasteiger partial charge is 0.231 e. The molecule has 1 aromatic rings. The second kappa shape index (κ2) is 4.50. The van der Waals surface area contributed by atoms with Crippen molar-refractivity contribution in [3.8, 4) is 11.5 Å². The van der Waals surface area contributed by atoms with Crippen molar-refractivity contribution >= 4 is 6.08 Å². The zero-order valence-electron chi connectivity index (χ0n) is 12.3. The molecule has 0 amide bonds. The average molecular weight is 276 g/mol. The van der Waals surface area contributed by atoms with Crippen LogP contribution in [-0.2, 0) is 9.47 Å². The van der Waals surface area contributed by atoms with Gasteiger partial charge in [-0.1, -0.05) is 12.1 Å². The molecular weight excluding hydrogens is 256 g/mol. The number of hydrogen-bond donors (Lipinski definition) is 0. The molecule has 0 saturated carbocycles. The average Bonchev–Trinajstić information content (AvgIpc) is 2.89. The third-order valence-electron chi connectivity index (χ3n) is 4.11. The Labute approximate surface area is 119 Å². The molecule has 4 heteroatoms. The second-order valence-electron chi connectivity index (χ2n) is 6.10. The van der Waals surface area contributed by atoms with E-state index in [-0.39, 0.29) is 17.5 Å². The first-order chi connectivity index (χ1) is 9.37. The number of hydrogen-bond acceptors (Lipinski definition) is 4. The van der Waals surface area contributed by atoms with E-state index in [0.717, 1.165) is 17.1 Å². The highest BCUT2D eigenvalue weighted by atomic mass is 16.7. The quantitative estimate of drug-likeness (QED) is 0.830. The van der Waals surface area contributed by atoms with E-state index < -0.39 is 0 Å². The van der Waals surface area contributed by atoms with Crippen LogP contribution in [0, 0.1) is 0 Å². The van der Waals surface area contributed by atoms with E-state index in [4.69, 9.17) is 18.9 Å². The van der Waals surface area contributed by atoms with Crippen LogP contribution in [0.2, 0.25) is 0 Å². The highest BCUT2D eigenvalue weighted by Gasteiger charge is 2.48. The first-order valence-electron chi connectivity index (χ1n) is 6.81. The first kappa shape index (κ1) is 13.5. The van der Waals surface area contributed by atoms with Crippen LogP contribution < -0.4 is 9.47 Å². The summed E-state index contributed by atoms with van der Waals surface area (Å²) in [6.45, 7) is 8.46. The fourth-order valence-electron chi connectivity index (χ4n) is 2.17. The van der Waals surface area contributed by atoms with Crippen molar-refractivity contribution in [1.29, 1.82) is 0 Å². The van der Waals surface area contributed by atoms with Gasteiger partial charge in [0, 0.05) is 0 Å². The molecule has 1 saturated heterocycles.